The third-order valence-electron chi connectivity index (χ3n) is 6.75. The molecule has 4 aromatic carbocycles. The predicted octanol–water partition coefficient (Wildman–Crippen LogP) is 5.94. The van der Waals surface area contributed by atoms with Crippen LogP contribution in [0.5, 0.6) is 0 Å². The van der Waals surface area contributed by atoms with Crippen LogP contribution in [0.15, 0.2) is 84.9 Å². The van der Waals surface area contributed by atoms with E-state index in [1.807, 2.05) is 19.9 Å². The zero-order valence-electron chi connectivity index (χ0n) is 19.0. The monoisotopic (exact) mass is 471 g/mol. The molecule has 0 saturated carbocycles. The van der Waals surface area contributed by atoms with Crippen molar-refractivity contribution >= 4 is 65.6 Å². The quantitative estimate of drug-likeness (QED) is 0.183. The minimum absolute atomic E-state index is 0.0651. The number of aliphatic hydroxyl groups is 1. The Labute approximate surface area is 202 Å². The van der Waals surface area contributed by atoms with E-state index in [9.17, 15) is 5.11 Å². The third-order valence-corrected chi connectivity index (χ3v) is 9.10. The van der Waals surface area contributed by atoms with Gasteiger partial charge in [0.1, 0.15) is 5.34 Å². The summed E-state index contributed by atoms with van der Waals surface area (Å²) in [7, 11) is 0.471. The van der Waals surface area contributed by atoms with Gasteiger partial charge in [0.05, 0.1) is 16.6 Å². The number of aromatic nitrogens is 1. The fourth-order valence-corrected chi connectivity index (χ4v) is 5.55. The molecule has 1 aromatic heterocycles. The standard InChI is InChI=1S/C27H27BNO2PS/c1-26(2,27(3,30)32-33)31-28-23-17-22-20-14-9-10-16-24(20)29(18-11-5-4-6-12-18)25(22)21-15-8-7-13-19(21)23/h4-17,28,30,32-33H,1-3H3. The first-order chi connectivity index (χ1) is 15.8. The minimum Gasteiger partial charge on any atom is -0.426 e. The zero-order chi connectivity index (χ0) is 23.2. The van der Waals surface area contributed by atoms with E-state index in [4.69, 9.17) is 4.65 Å². The number of rotatable bonds is 6. The first-order valence-corrected chi connectivity index (χ1v) is 13.4. The molecule has 0 amide bonds. The summed E-state index contributed by atoms with van der Waals surface area (Å²) in [5.41, 5.74) is 3.90. The Morgan fingerprint density at radius 3 is 2.12 bits per heavy atom. The van der Waals surface area contributed by atoms with Gasteiger partial charge < -0.3 is 14.3 Å². The van der Waals surface area contributed by atoms with Gasteiger partial charge in [0, 0.05) is 21.8 Å². The second-order valence-electron chi connectivity index (χ2n) is 9.15. The molecular formula is C27H27BNO2PS. The number of fused-ring (bicyclic) bond motifs is 5. The molecule has 6 heteroatoms. The van der Waals surface area contributed by atoms with E-state index in [1.54, 1.807) is 6.92 Å². The van der Waals surface area contributed by atoms with Gasteiger partial charge in [-0.25, -0.2) is 0 Å². The molecule has 0 aliphatic rings. The Bertz CT molecular complexity index is 1460. The molecule has 1 heterocycles. The van der Waals surface area contributed by atoms with Gasteiger partial charge in [-0.2, -0.15) is 12.2 Å². The average Bonchev–Trinajstić information content (AvgIpc) is 3.17. The molecule has 0 radical (unpaired) electrons. The lowest BCUT2D eigenvalue weighted by atomic mass is 9.81. The highest BCUT2D eigenvalue weighted by Crippen LogP contribution is 2.43. The largest absolute Gasteiger partial charge is 0.426 e. The number of para-hydroxylation sites is 2. The molecule has 5 aromatic rings. The van der Waals surface area contributed by atoms with Crippen LogP contribution >= 0.6 is 20.0 Å². The maximum absolute atomic E-state index is 10.8. The number of nitrogens with zero attached hydrogens (tertiary/aromatic N) is 1. The highest BCUT2D eigenvalue weighted by Gasteiger charge is 2.39. The highest BCUT2D eigenvalue weighted by molar-refractivity contribution is 8.38. The van der Waals surface area contributed by atoms with Gasteiger partial charge in [-0.3, -0.25) is 0 Å². The fourth-order valence-electron chi connectivity index (χ4n) is 4.40. The smallest absolute Gasteiger partial charge is 0.310 e. The normalized spacial score (nSPS) is 14.5. The van der Waals surface area contributed by atoms with Crippen molar-refractivity contribution in [2.75, 3.05) is 0 Å². The van der Waals surface area contributed by atoms with Crippen molar-refractivity contribution in [1.82, 2.24) is 4.57 Å². The molecule has 0 bridgehead atoms. The van der Waals surface area contributed by atoms with Crippen LogP contribution in [0, 0.1) is 0 Å². The van der Waals surface area contributed by atoms with Crippen LogP contribution in [0.2, 0.25) is 0 Å². The summed E-state index contributed by atoms with van der Waals surface area (Å²) in [6.07, 6.45) is 0. The molecule has 0 saturated heterocycles. The van der Waals surface area contributed by atoms with Gasteiger partial charge in [-0.05, 0) is 57.6 Å². The van der Waals surface area contributed by atoms with Crippen LogP contribution in [0.4, 0.5) is 0 Å². The van der Waals surface area contributed by atoms with Gasteiger partial charge in [-0.1, -0.05) is 66.7 Å². The Morgan fingerprint density at radius 2 is 1.42 bits per heavy atom. The number of thiol groups is 1. The lowest BCUT2D eigenvalue weighted by Gasteiger charge is -2.39. The van der Waals surface area contributed by atoms with Crippen LogP contribution < -0.4 is 5.46 Å². The summed E-state index contributed by atoms with van der Waals surface area (Å²) < 4.78 is 8.69. The average molecular weight is 471 g/mol. The second kappa shape index (κ2) is 8.49. The zero-order valence-corrected chi connectivity index (χ0v) is 20.9. The molecule has 0 spiro atoms. The summed E-state index contributed by atoms with van der Waals surface area (Å²) in [5, 5.41) is 14.5. The van der Waals surface area contributed by atoms with Crippen LogP contribution in [0.25, 0.3) is 38.3 Å². The Hall–Kier alpha value is -2.30. The van der Waals surface area contributed by atoms with Gasteiger partial charge in [0.25, 0.3) is 0 Å². The van der Waals surface area contributed by atoms with E-state index in [0.717, 1.165) is 16.5 Å². The molecular weight excluding hydrogens is 444 g/mol. The molecule has 5 rings (SSSR count). The van der Waals surface area contributed by atoms with E-state index in [1.165, 1.54) is 27.2 Å². The molecule has 0 aliphatic heterocycles. The predicted molar refractivity (Wildman–Crippen MR) is 148 cm³/mol. The molecule has 1 N–H and O–H groups in total. The van der Waals surface area contributed by atoms with Crippen molar-refractivity contribution in [3.8, 4) is 5.69 Å². The van der Waals surface area contributed by atoms with E-state index >= 15 is 0 Å². The number of benzene rings is 4. The highest BCUT2D eigenvalue weighted by atomic mass is 32.7. The number of hydrogen-bond acceptors (Lipinski definition) is 3. The molecule has 0 aliphatic carbocycles. The van der Waals surface area contributed by atoms with E-state index < -0.39 is 10.9 Å². The summed E-state index contributed by atoms with van der Waals surface area (Å²) in [5.74, 6) is 0. The van der Waals surface area contributed by atoms with Crippen molar-refractivity contribution in [3.63, 3.8) is 0 Å². The van der Waals surface area contributed by atoms with Gasteiger partial charge >= 0.3 is 7.48 Å². The van der Waals surface area contributed by atoms with Gasteiger partial charge in [0.2, 0.25) is 0 Å². The van der Waals surface area contributed by atoms with Crippen molar-refractivity contribution in [3.05, 3.63) is 84.9 Å². The van der Waals surface area contributed by atoms with Crippen LogP contribution in [-0.2, 0) is 4.65 Å². The van der Waals surface area contributed by atoms with Crippen LogP contribution in [0.1, 0.15) is 20.8 Å². The van der Waals surface area contributed by atoms with E-state index in [-0.39, 0.29) is 7.78 Å². The summed E-state index contributed by atoms with van der Waals surface area (Å²) in [4.78, 5) is 0. The van der Waals surface area contributed by atoms with Crippen LogP contribution in [-0.4, -0.2) is 28.1 Å². The van der Waals surface area contributed by atoms with Gasteiger partial charge in [0.15, 0.2) is 0 Å². The summed E-state index contributed by atoms with van der Waals surface area (Å²) in [6, 6.07) is 29.8. The van der Waals surface area contributed by atoms with E-state index in [2.05, 4.69) is 95.7 Å². The van der Waals surface area contributed by atoms with Crippen molar-refractivity contribution in [2.24, 2.45) is 0 Å². The second-order valence-corrected chi connectivity index (χ2v) is 11.0. The first-order valence-electron chi connectivity index (χ1n) is 11.1. The Balaban J connectivity index is 1.77. The van der Waals surface area contributed by atoms with E-state index in [0.29, 0.717) is 7.48 Å². The molecule has 33 heavy (non-hydrogen) atoms. The maximum atomic E-state index is 10.8. The van der Waals surface area contributed by atoms with Crippen molar-refractivity contribution < 1.29 is 9.76 Å². The lowest BCUT2D eigenvalue weighted by molar-refractivity contribution is -0.0404. The first kappa shape index (κ1) is 22.5. The minimum atomic E-state index is -1.01. The maximum Gasteiger partial charge on any atom is 0.310 e. The SMILES string of the molecule is CC(C)(OBc1cc2c3ccccc3n(-c3ccccc3)c2c2ccccc12)C(C)(O)PS. The van der Waals surface area contributed by atoms with Gasteiger partial charge in [-0.15, -0.1) is 0 Å². The van der Waals surface area contributed by atoms with Crippen molar-refractivity contribution in [2.45, 2.75) is 31.7 Å². The van der Waals surface area contributed by atoms with Crippen molar-refractivity contribution in [1.29, 1.82) is 0 Å². The fraction of sp³-hybridized carbons (Fsp3) is 0.185. The molecule has 3 nitrogen and oxygen atoms in total. The molecule has 166 valence electrons. The summed E-state index contributed by atoms with van der Waals surface area (Å²) >= 11 is 4.35. The lowest BCUT2D eigenvalue weighted by Crippen LogP contribution is -2.48. The molecule has 2 unspecified atom stereocenters. The molecule has 2 atom stereocenters. The number of hydrogen-bond donors (Lipinski definition) is 2. The summed E-state index contributed by atoms with van der Waals surface area (Å²) in [6.45, 7) is 5.64. The van der Waals surface area contributed by atoms with Crippen LogP contribution in [0.3, 0.4) is 0 Å². The molecule has 0 fully saturated rings. The topological polar surface area (TPSA) is 34.4 Å². The Morgan fingerprint density at radius 1 is 0.818 bits per heavy atom. The third kappa shape index (κ3) is 3.78. The Kier molecular flexibility index (Phi) is 5.78.